The number of aryl methyl sites for hydroxylation is 2. The minimum absolute atomic E-state index is 0.0426. The maximum atomic E-state index is 12.3. The number of amides is 1. The van der Waals surface area contributed by atoms with Crippen LogP contribution in [0.2, 0.25) is 0 Å². The van der Waals surface area contributed by atoms with Gasteiger partial charge in [-0.1, -0.05) is 64.1 Å². The van der Waals surface area contributed by atoms with Crippen LogP contribution in [0.5, 0.6) is 0 Å². The lowest BCUT2D eigenvalue weighted by atomic mass is 9.96. The molecule has 5 nitrogen and oxygen atoms in total. The van der Waals surface area contributed by atoms with E-state index in [1.165, 1.54) is 0 Å². The number of Topliss-reactive ketones (excluding diaryl/α,β-unsaturated/α-hetero) is 3. The zero-order valence-corrected chi connectivity index (χ0v) is 22.9. The second kappa shape index (κ2) is 16.6. The monoisotopic (exact) mass is 493 g/mol. The van der Waals surface area contributed by atoms with Crippen LogP contribution in [0.4, 0.5) is 5.69 Å². The predicted octanol–water partition coefficient (Wildman–Crippen LogP) is 7.08. The maximum absolute atomic E-state index is 12.3. The van der Waals surface area contributed by atoms with E-state index in [1.54, 1.807) is 6.92 Å². The molecule has 0 aliphatic carbocycles. The molecule has 1 N–H and O–H groups in total. The summed E-state index contributed by atoms with van der Waals surface area (Å²) in [5.74, 6) is 0.653. The Morgan fingerprint density at radius 2 is 1.56 bits per heavy atom. The minimum atomic E-state index is -0.0426. The third-order valence-electron chi connectivity index (χ3n) is 6.19. The number of carbonyl (C=O) groups is 4. The molecule has 1 unspecified atom stereocenters. The quantitative estimate of drug-likeness (QED) is 0.302. The highest BCUT2D eigenvalue weighted by molar-refractivity contribution is 5.98. The molecule has 0 bridgehead atoms. The van der Waals surface area contributed by atoms with E-state index < -0.39 is 0 Å². The third kappa shape index (κ3) is 11.1. The molecule has 1 atom stereocenters. The second-order valence-electron chi connectivity index (χ2n) is 9.40. The SMILES string of the molecule is CCCC(=O)CCC(C)C(C)=O.CCCC(=O)c1ccc(CC(=O)Nc2ccccc2C)cc1CC. The molecule has 0 aliphatic heterocycles. The molecule has 0 aromatic heterocycles. The zero-order chi connectivity index (χ0) is 27.1. The average molecular weight is 494 g/mol. The molecule has 0 heterocycles. The lowest BCUT2D eigenvalue weighted by Crippen LogP contribution is -2.15. The van der Waals surface area contributed by atoms with E-state index in [0.717, 1.165) is 47.2 Å². The van der Waals surface area contributed by atoms with Gasteiger partial charge in [-0.2, -0.15) is 0 Å². The summed E-state index contributed by atoms with van der Waals surface area (Å²) in [6.45, 7) is 11.5. The molecular weight excluding hydrogens is 450 g/mol. The van der Waals surface area contributed by atoms with E-state index in [2.05, 4.69) is 5.32 Å². The van der Waals surface area contributed by atoms with E-state index in [4.69, 9.17) is 0 Å². The van der Waals surface area contributed by atoms with E-state index in [0.29, 0.717) is 32.1 Å². The van der Waals surface area contributed by atoms with Crippen molar-refractivity contribution < 1.29 is 19.2 Å². The first-order valence-electron chi connectivity index (χ1n) is 13.1. The summed E-state index contributed by atoms with van der Waals surface area (Å²) < 4.78 is 0. The molecule has 0 fully saturated rings. The standard InChI is InChI=1S/C21H25NO2.C10H18O2/c1-4-8-20(23)18-12-11-16(13-17(18)5-2)14-21(24)22-19-10-7-6-9-15(19)3;1-4-5-10(12)7-6-8(2)9(3)11/h6-7,9-13H,4-5,8,14H2,1-3H3,(H,22,24);8H,4-7H2,1-3H3. The van der Waals surface area contributed by atoms with Gasteiger partial charge >= 0.3 is 0 Å². The minimum Gasteiger partial charge on any atom is -0.326 e. The fraction of sp³-hybridized carbons (Fsp3) is 0.484. The molecule has 0 spiro atoms. The van der Waals surface area contributed by atoms with E-state index >= 15 is 0 Å². The van der Waals surface area contributed by atoms with Crippen LogP contribution in [0, 0.1) is 12.8 Å². The summed E-state index contributed by atoms with van der Waals surface area (Å²) in [5.41, 5.74) is 4.64. The van der Waals surface area contributed by atoms with Crippen LogP contribution in [-0.2, 0) is 27.2 Å². The number of ketones is 3. The number of hydrogen-bond donors (Lipinski definition) is 1. The van der Waals surface area contributed by atoms with Gasteiger partial charge in [-0.15, -0.1) is 0 Å². The number of anilines is 1. The number of rotatable bonds is 13. The van der Waals surface area contributed by atoms with Gasteiger partial charge in [0.05, 0.1) is 6.42 Å². The van der Waals surface area contributed by atoms with Crippen molar-refractivity contribution in [2.75, 3.05) is 5.32 Å². The Labute approximate surface area is 217 Å². The molecule has 196 valence electrons. The Bertz CT molecular complexity index is 1020. The van der Waals surface area contributed by atoms with Gasteiger partial charge in [-0.3, -0.25) is 19.2 Å². The summed E-state index contributed by atoms with van der Waals surface area (Å²) in [6.07, 6.45) is 5.37. The van der Waals surface area contributed by atoms with Crippen molar-refractivity contribution >= 4 is 28.9 Å². The lowest BCUT2D eigenvalue weighted by Gasteiger charge is -2.11. The van der Waals surface area contributed by atoms with Crippen LogP contribution in [-0.4, -0.2) is 23.3 Å². The highest BCUT2D eigenvalue weighted by Crippen LogP contribution is 2.18. The highest BCUT2D eigenvalue weighted by atomic mass is 16.2. The molecule has 2 rings (SSSR count). The average Bonchev–Trinajstić information content (AvgIpc) is 2.84. The third-order valence-corrected chi connectivity index (χ3v) is 6.19. The summed E-state index contributed by atoms with van der Waals surface area (Å²) in [6, 6.07) is 13.5. The van der Waals surface area contributed by atoms with Crippen molar-refractivity contribution in [3.63, 3.8) is 0 Å². The Kier molecular flexibility index (Phi) is 14.2. The van der Waals surface area contributed by atoms with Crippen LogP contribution in [0.25, 0.3) is 0 Å². The van der Waals surface area contributed by atoms with Gasteiger partial charge in [0, 0.05) is 36.4 Å². The predicted molar refractivity (Wildman–Crippen MR) is 148 cm³/mol. The Morgan fingerprint density at radius 1 is 0.889 bits per heavy atom. The van der Waals surface area contributed by atoms with E-state index in [-0.39, 0.29) is 29.2 Å². The molecule has 2 aromatic rings. The van der Waals surface area contributed by atoms with Crippen molar-refractivity contribution in [1.29, 1.82) is 0 Å². The first-order valence-corrected chi connectivity index (χ1v) is 13.1. The molecule has 2 aromatic carbocycles. The van der Waals surface area contributed by atoms with Crippen LogP contribution < -0.4 is 5.32 Å². The molecular formula is C31H43NO4. The van der Waals surface area contributed by atoms with Gasteiger partial charge in [0.15, 0.2) is 5.78 Å². The fourth-order valence-corrected chi connectivity index (χ4v) is 3.76. The first kappa shape index (κ1) is 31.0. The number of para-hydroxylation sites is 1. The second-order valence-corrected chi connectivity index (χ2v) is 9.40. The van der Waals surface area contributed by atoms with Crippen LogP contribution in [0.1, 0.15) is 100 Å². The van der Waals surface area contributed by atoms with E-state index in [1.807, 2.05) is 77.1 Å². The van der Waals surface area contributed by atoms with Crippen molar-refractivity contribution in [2.45, 2.75) is 92.9 Å². The van der Waals surface area contributed by atoms with Crippen molar-refractivity contribution in [3.8, 4) is 0 Å². The summed E-state index contributed by atoms with van der Waals surface area (Å²) >= 11 is 0. The van der Waals surface area contributed by atoms with Crippen molar-refractivity contribution in [1.82, 2.24) is 0 Å². The zero-order valence-electron chi connectivity index (χ0n) is 22.9. The normalized spacial score (nSPS) is 11.2. The van der Waals surface area contributed by atoms with Crippen LogP contribution >= 0.6 is 0 Å². The molecule has 36 heavy (non-hydrogen) atoms. The topological polar surface area (TPSA) is 80.3 Å². The summed E-state index contributed by atoms with van der Waals surface area (Å²) in [5, 5.41) is 2.95. The Morgan fingerprint density at radius 3 is 2.14 bits per heavy atom. The largest absolute Gasteiger partial charge is 0.326 e. The van der Waals surface area contributed by atoms with Crippen LogP contribution in [0.3, 0.4) is 0 Å². The molecule has 0 radical (unpaired) electrons. The summed E-state index contributed by atoms with van der Waals surface area (Å²) in [7, 11) is 0. The molecule has 0 saturated carbocycles. The highest BCUT2D eigenvalue weighted by Gasteiger charge is 2.12. The molecule has 5 heteroatoms. The molecule has 0 saturated heterocycles. The smallest absolute Gasteiger partial charge is 0.228 e. The van der Waals surface area contributed by atoms with Gasteiger partial charge in [-0.25, -0.2) is 0 Å². The van der Waals surface area contributed by atoms with Crippen molar-refractivity contribution in [2.24, 2.45) is 5.92 Å². The first-order chi connectivity index (χ1) is 17.1. The molecule has 0 aliphatic rings. The van der Waals surface area contributed by atoms with E-state index in [9.17, 15) is 19.2 Å². The number of nitrogens with one attached hydrogen (secondary N) is 1. The lowest BCUT2D eigenvalue weighted by molar-refractivity contribution is -0.121. The Balaban J connectivity index is 0.000000457. The number of benzene rings is 2. The van der Waals surface area contributed by atoms with Crippen molar-refractivity contribution in [3.05, 3.63) is 64.7 Å². The van der Waals surface area contributed by atoms with Gasteiger partial charge in [0.1, 0.15) is 11.6 Å². The van der Waals surface area contributed by atoms with Gasteiger partial charge in [0.25, 0.3) is 0 Å². The summed E-state index contributed by atoms with van der Waals surface area (Å²) in [4.78, 5) is 46.3. The van der Waals surface area contributed by atoms with Gasteiger partial charge in [0.2, 0.25) is 5.91 Å². The Hall–Kier alpha value is -3.08. The van der Waals surface area contributed by atoms with Gasteiger partial charge < -0.3 is 5.32 Å². The fourth-order valence-electron chi connectivity index (χ4n) is 3.76. The number of carbonyl (C=O) groups excluding carboxylic acids is 4. The van der Waals surface area contributed by atoms with Gasteiger partial charge in [-0.05, 0) is 62.3 Å². The number of hydrogen-bond acceptors (Lipinski definition) is 4. The van der Waals surface area contributed by atoms with Crippen LogP contribution in [0.15, 0.2) is 42.5 Å². The molecule has 1 amide bonds. The maximum Gasteiger partial charge on any atom is 0.228 e.